The normalized spacial score (nSPS) is 16.0. The summed E-state index contributed by atoms with van der Waals surface area (Å²) in [5.74, 6) is -1.62. The molecule has 0 unspecified atom stereocenters. The molecule has 1 atom stereocenters. The summed E-state index contributed by atoms with van der Waals surface area (Å²) in [6.45, 7) is 0. The van der Waals surface area contributed by atoms with Crippen LogP contribution in [0.2, 0.25) is 10.0 Å². The fourth-order valence-electron chi connectivity index (χ4n) is 3.61. The van der Waals surface area contributed by atoms with E-state index in [-0.39, 0.29) is 21.6 Å². The summed E-state index contributed by atoms with van der Waals surface area (Å²) in [6, 6.07) is 16.0. The molecule has 2 N–H and O–H groups in total. The number of esters is 1. The van der Waals surface area contributed by atoms with E-state index in [1.54, 1.807) is 54.6 Å². The smallest absolute Gasteiger partial charge is 0.337 e. The van der Waals surface area contributed by atoms with Crippen molar-refractivity contribution < 1.29 is 9.53 Å². The zero-order valence-electron chi connectivity index (χ0n) is 16.6. The van der Waals surface area contributed by atoms with Gasteiger partial charge in [0.25, 0.3) is 5.56 Å². The lowest BCUT2D eigenvalue weighted by molar-refractivity contribution is -0.134. The van der Waals surface area contributed by atoms with Crippen LogP contribution in [-0.2, 0) is 9.53 Å². The van der Waals surface area contributed by atoms with Gasteiger partial charge in [0.15, 0.2) is 0 Å². The predicted octanol–water partition coefficient (Wildman–Crippen LogP) is 2.82. The number of hydrogen-bond acceptors (Lipinski definition) is 6. The number of allylic oxidation sites excluding steroid dienone is 1. The highest BCUT2D eigenvalue weighted by atomic mass is 35.5. The van der Waals surface area contributed by atoms with Crippen LogP contribution in [0.4, 0.5) is 0 Å². The Hall–Kier alpha value is -3.31. The molecule has 32 heavy (non-hydrogen) atoms. The van der Waals surface area contributed by atoms with Crippen molar-refractivity contribution >= 4 is 58.0 Å². The standard InChI is InChI=1S/C23H15Cl2N3O3S/c1-31-23(30)19-18(13-7-3-5-9-16(13)25)14(11-26)20(27)28-21(29)17(32-22(19)28)10-12-6-2-4-8-15(12)24/h2-10,18H,27H2,1H3/b17-10-/t18-/m0/s1. The van der Waals surface area contributed by atoms with Crippen LogP contribution < -0.4 is 20.5 Å². The molecular weight excluding hydrogens is 469 g/mol. The number of nitrogens with two attached hydrogens (primary N) is 1. The van der Waals surface area contributed by atoms with E-state index < -0.39 is 17.4 Å². The Kier molecular flexibility index (Phi) is 5.94. The first kappa shape index (κ1) is 21.9. The summed E-state index contributed by atoms with van der Waals surface area (Å²) < 4.78 is 6.77. The highest BCUT2D eigenvalue weighted by molar-refractivity contribution is 7.07. The van der Waals surface area contributed by atoms with Crippen molar-refractivity contribution in [2.75, 3.05) is 7.11 Å². The Labute approximate surface area is 196 Å². The molecule has 0 fully saturated rings. The zero-order valence-corrected chi connectivity index (χ0v) is 19.0. The van der Waals surface area contributed by atoms with Gasteiger partial charge >= 0.3 is 5.97 Å². The number of carbonyl (C=O) groups is 1. The molecule has 2 heterocycles. The third kappa shape index (κ3) is 3.53. The Balaban J connectivity index is 2.15. The van der Waals surface area contributed by atoms with Crippen molar-refractivity contribution in [2.24, 2.45) is 5.73 Å². The molecule has 0 saturated heterocycles. The molecule has 160 valence electrons. The van der Waals surface area contributed by atoms with Crippen LogP contribution >= 0.6 is 34.5 Å². The predicted molar refractivity (Wildman–Crippen MR) is 125 cm³/mol. The maximum absolute atomic E-state index is 13.3. The topological polar surface area (TPSA) is 98.1 Å². The molecule has 1 aromatic heterocycles. The summed E-state index contributed by atoms with van der Waals surface area (Å²) in [5.41, 5.74) is 7.14. The monoisotopic (exact) mass is 483 g/mol. The van der Waals surface area contributed by atoms with E-state index in [2.05, 4.69) is 6.07 Å². The molecule has 0 amide bonds. The van der Waals surface area contributed by atoms with Gasteiger partial charge in [-0.15, -0.1) is 11.3 Å². The lowest BCUT2D eigenvalue weighted by Gasteiger charge is -2.25. The van der Waals surface area contributed by atoms with Crippen molar-refractivity contribution in [1.82, 2.24) is 4.57 Å². The van der Waals surface area contributed by atoms with Crippen LogP contribution in [0.5, 0.6) is 0 Å². The number of thiazole rings is 1. The molecule has 1 aliphatic rings. The number of halogens is 2. The molecule has 9 heteroatoms. The van der Waals surface area contributed by atoms with E-state index in [0.29, 0.717) is 25.7 Å². The third-order valence-corrected chi connectivity index (χ3v) is 6.88. The van der Waals surface area contributed by atoms with Gasteiger partial charge in [-0.05, 0) is 29.3 Å². The molecular formula is C23H15Cl2N3O3S. The summed E-state index contributed by atoms with van der Waals surface area (Å²) >= 11 is 13.7. The van der Waals surface area contributed by atoms with Crippen molar-refractivity contribution in [3.05, 3.63) is 94.8 Å². The van der Waals surface area contributed by atoms with Crippen LogP contribution in [0.25, 0.3) is 17.5 Å². The average molecular weight is 484 g/mol. The maximum Gasteiger partial charge on any atom is 0.337 e. The Morgan fingerprint density at radius 3 is 2.47 bits per heavy atom. The molecule has 3 aromatic rings. The van der Waals surface area contributed by atoms with Gasteiger partial charge in [0.1, 0.15) is 10.5 Å². The number of rotatable bonds is 3. The minimum Gasteiger partial charge on any atom is -0.466 e. The van der Waals surface area contributed by atoms with Crippen molar-refractivity contribution in [3.63, 3.8) is 0 Å². The summed E-state index contributed by atoms with van der Waals surface area (Å²) in [6.07, 6.45) is 1.62. The number of nitrogens with zero attached hydrogens (tertiary/aromatic N) is 2. The number of methoxy groups -OCH3 is 1. The molecule has 0 aliphatic carbocycles. The molecule has 2 aromatic carbocycles. The van der Waals surface area contributed by atoms with Gasteiger partial charge in [0, 0.05) is 10.0 Å². The lowest BCUT2D eigenvalue weighted by atomic mass is 9.84. The molecule has 6 nitrogen and oxygen atoms in total. The largest absolute Gasteiger partial charge is 0.466 e. The number of benzene rings is 2. The third-order valence-electron chi connectivity index (χ3n) is 5.08. The van der Waals surface area contributed by atoms with Gasteiger partial charge in [0.2, 0.25) is 0 Å². The highest BCUT2D eigenvalue weighted by Crippen LogP contribution is 2.39. The van der Waals surface area contributed by atoms with Crippen LogP contribution in [0.3, 0.4) is 0 Å². The summed E-state index contributed by atoms with van der Waals surface area (Å²) in [5, 5.41) is 10.7. The van der Waals surface area contributed by atoms with Crippen LogP contribution in [0.1, 0.15) is 17.0 Å². The molecule has 0 bridgehead atoms. The summed E-state index contributed by atoms with van der Waals surface area (Å²) in [7, 11) is 1.24. The van der Waals surface area contributed by atoms with Crippen molar-refractivity contribution in [1.29, 1.82) is 5.26 Å². The first-order chi connectivity index (χ1) is 15.4. The van der Waals surface area contributed by atoms with Crippen LogP contribution in [-0.4, -0.2) is 17.6 Å². The number of hydrogen-bond donors (Lipinski definition) is 1. The number of nitriles is 1. The first-order valence-electron chi connectivity index (χ1n) is 9.34. The Bertz CT molecular complexity index is 1510. The minimum atomic E-state index is -0.882. The second-order valence-electron chi connectivity index (χ2n) is 6.85. The van der Waals surface area contributed by atoms with Crippen molar-refractivity contribution in [3.8, 4) is 6.07 Å². The number of carbonyl (C=O) groups excluding carboxylic acids is 1. The van der Waals surface area contributed by atoms with Crippen LogP contribution in [0.15, 0.2) is 58.9 Å². The number of aromatic nitrogens is 1. The van der Waals surface area contributed by atoms with Gasteiger partial charge in [-0.2, -0.15) is 5.26 Å². The molecule has 0 radical (unpaired) electrons. The molecule has 4 rings (SSSR count). The van der Waals surface area contributed by atoms with E-state index in [1.807, 2.05) is 0 Å². The van der Waals surface area contributed by atoms with E-state index in [9.17, 15) is 14.9 Å². The quantitative estimate of drug-likeness (QED) is 0.577. The molecule has 0 spiro atoms. The summed E-state index contributed by atoms with van der Waals surface area (Å²) in [4.78, 5) is 26.2. The lowest BCUT2D eigenvalue weighted by Crippen LogP contribution is -2.40. The number of fused-ring (bicyclic) bond motifs is 1. The Morgan fingerprint density at radius 1 is 1.19 bits per heavy atom. The second-order valence-corrected chi connectivity index (χ2v) is 8.69. The van der Waals surface area contributed by atoms with E-state index in [1.165, 1.54) is 11.7 Å². The fourth-order valence-corrected chi connectivity index (χ4v) is 5.20. The van der Waals surface area contributed by atoms with E-state index >= 15 is 0 Å². The van der Waals surface area contributed by atoms with E-state index in [0.717, 1.165) is 11.3 Å². The fraction of sp³-hybridized carbons (Fsp3) is 0.0870. The molecule has 1 aliphatic heterocycles. The van der Waals surface area contributed by atoms with Gasteiger partial charge in [-0.1, -0.05) is 59.6 Å². The van der Waals surface area contributed by atoms with Gasteiger partial charge in [-0.3, -0.25) is 9.36 Å². The first-order valence-corrected chi connectivity index (χ1v) is 10.9. The zero-order chi connectivity index (χ0) is 23.0. The van der Waals surface area contributed by atoms with Crippen molar-refractivity contribution in [2.45, 2.75) is 5.92 Å². The second kappa shape index (κ2) is 8.67. The van der Waals surface area contributed by atoms with Gasteiger partial charge < -0.3 is 10.5 Å². The van der Waals surface area contributed by atoms with Crippen LogP contribution in [0, 0.1) is 11.3 Å². The van der Waals surface area contributed by atoms with E-state index in [4.69, 9.17) is 33.7 Å². The highest BCUT2D eigenvalue weighted by Gasteiger charge is 2.37. The Morgan fingerprint density at radius 2 is 1.84 bits per heavy atom. The maximum atomic E-state index is 13.3. The SMILES string of the molecule is COC(=O)C1=c2s/c(=C\c3ccccc3Cl)c(=O)n2C(N)=C(C#N)[C@@H]1c1ccccc1Cl. The number of ether oxygens (including phenoxy) is 1. The molecule has 0 saturated carbocycles. The van der Waals surface area contributed by atoms with Gasteiger partial charge in [-0.25, -0.2) is 4.79 Å². The minimum absolute atomic E-state index is 0.0372. The average Bonchev–Trinajstić information content (AvgIpc) is 3.11. The van der Waals surface area contributed by atoms with Gasteiger partial charge in [0.05, 0.1) is 34.8 Å².